The van der Waals surface area contributed by atoms with E-state index in [1.54, 1.807) is 24.2 Å². The standard InChI is InChI=1S/C17H14ClFN4OS/c1-24-14-8-21-16(11-7-10(18)3-4-12(11)19)23-17(14)22-13-5-6-20-9-15(13)25-2/h3-9H,1-2H3,(H,20,21,22,23). The van der Waals surface area contributed by atoms with Crippen LogP contribution in [0.15, 0.2) is 47.8 Å². The van der Waals surface area contributed by atoms with Crippen molar-refractivity contribution in [2.45, 2.75) is 4.90 Å². The Morgan fingerprint density at radius 1 is 1.24 bits per heavy atom. The van der Waals surface area contributed by atoms with Gasteiger partial charge in [-0.15, -0.1) is 11.8 Å². The molecule has 0 aliphatic carbocycles. The Labute approximate surface area is 153 Å². The molecular weight excluding hydrogens is 363 g/mol. The molecule has 0 bridgehead atoms. The predicted molar refractivity (Wildman–Crippen MR) is 98.3 cm³/mol. The fourth-order valence-corrected chi connectivity index (χ4v) is 2.86. The zero-order chi connectivity index (χ0) is 17.8. The van der Waals surface area contributed by atoms with Crippen molar-refractivity contribution in [1.29, 1.82) is 0 Å². The van der Waals surface area contributed by atoms with Crippen molar-refractivity contribution in [1.82, 2.24) is 15.0 Å². The Kier molecular flexibility index (Phi) is 5.35. The minimum atomic E-state index is -0.450. The molecule has 3 rings (SSSR count). The smallest absolute Gasteiger partial charge is 0.179 e. The number of methoxy groups -OCH3 is 1. The molecule has 5 nitrogen and oxygen atoms in total. The number of aromatic nitrogens is 3. The monoisotopic (exact) mass is 376 g/mol. The van der Waals surface area contributed by atoms with E-state index in [4.69, 9.17) is 16.3 Å². The summed E-state index contributed by atoms with van der Waals surface area (Å²) in [7, 11) is 1.52. The van der Waals surface area contributed by atoms with Crippen molar-refractivity contribution in [3.05, 3.63) is 53.7 Å². The SMILES string of the molecule is COc1cnc(-c2cc(Cl)ccc2F)nc1Nc1ccncc1SC. The van der Waals surface area contributed by atoms with Gasteiger partial charge in [0.15, 0.2) is 17.4 Å². The van der Waals surface area contributed by atoms with Crippen LogP contribution in [0.1, 0.15) is 0 Å². The molecular formula is C17H14ClFN4OS. The summed E-state index contributed by atoms with van der Waals surface area (Å²) in [5.41, 5.74) is 1.04. The number of halogens is 2. The quantitative estimate of drug-likeness (QED) is 0.645. The highest BCUT2D eigenvalue weighted by molar-refractivity contribution is 7.98. The van der Waals surface area contributed by atoms with Crippen LogP contribution in [-0.4, -0.2) is 28.3 Å². The van der Waals surface area contributed by atoms with Crippen molar-refractivity contribution in [2.24, 2.45) is 0 Å². The largest absolute Gasteiger partial charge is 0.491 e. The van der Waals surface area contributed by atoms with E-state index in [1.165, 1.54) is 31.5 Å². The lowest BCUT2D eigenvalue weighted by atomic mass is 10.2. The fraction of sp³-hybridized carbons (Fsp3) is 0.118. The zero-order valence-electron chi connectivity index (χ0n) is 13.5. The first-order valence-electron chi connectivity index (χ1n) is 7.24. The second-order valence-corrected chi connectivity index (χ2v) is 6.22. The van der Waals surface area contributed by atoms with E-state index in [1.807, 2.05) is 12.3 Å². The van der Waals surface area contributed by atoms with Crippen molar-refractivity contribution in [3.8, 4) is 17.1 Å². The lowest BCUT2D eigenvalue weighted by molar-refractivity contribution is 0.413. The van der Waals surface area contributed by atoms with Crippen LogP contribution in [0.3, 0.4) is 0 Å². The number of ether oxygens (including phenoxy) is 1. The molecule has 128 valence electrons. The second kappa shape index (κ2) is 7.67. The Bertz CT molecular complexity index is 910. The highest BCUT2D eigenvalue weighted by Crippen LogP contribution is 2.32. The number of hydrogen-bond acceptors (Lipinski definition) is 6. The van der Waals surface area contributed by atoms with Crippen LogP contribution >= 0.6 is 23.4 Å². The van der Waals surface area contributed by atoms with E-state index < -0.39 is 5.82 Å². The molecule has 0 unspecified atom stereocenters. The van der Waals surface area contributed by atoms with Gasteiger partial charge >= 0.3 is 0 Å². The highest BCUT2D eigenvalue weighted by Gasteiger charge is 2.14. The number of pyridine rings is 1. The first-order valence-corrected chi connectivity index (χ1v) is 8.84. The van der Waals surface area contributed by atoms with Crippen molar-refractivity contribution >= 4 is 34.9 Å². The maximum Gasteiger partial charge on any atom is 0.179 e. The third-order valence-corrected chi connectivity index (χ3v) is 4.40. The Morgan fingerprint density at radius 3 is 2.84 bits per heavy atom. The fourth-order valence-electron chi connectivity index (χ4n) is 2.18. The Hall–Kier alpha value is -2.38. The second-order valence-electron chi connectivity index (χ2n) is 4.94. The number of nitrogens with one attached hydrogen (secondary N) is 1. The molecule has 0 aliphatic rings. The van der Waals surface area contributed by atoms with E-state index >= 15 is 0 Å². The average Bonchev–Trinajstić information content (AvgIpc) is 2.64. The number of anilines is 2. The van der Waals surface area contributed by atoms with E-state index in [0.29, 0.717) is 16.6 Å². The summed E-state index contributed by atoms with van der Waals surface area (Å²) < 4.78 is 19.4. The number of thioether (sulfide) groups is 1. The molecule has 8 heteroatoms. The third-order valence-electron chi connectivity index (χ3n) is 3.40. The summed E-state index contributed by atoms with van der Waals surface area (Å²) in [6, 6.07) is 6.08. The van der Waals surface area contributed by atoms with Gasteiger partial charge in [-0.2, -0.15) is 0 Å². The maximum atomic E-state index is 14.1. The van der Waals surface area contributed by atoms with Gasteiger partial charge in [0.05, 0.1) is 24.6 Å². The van der Waals surface area contributed by atoms with Gasteiger partial charge in [0.2, 0.25) is 0 Å². The van der Waals surface area contributed by atoms with Gasteiger partial charge in [-0.05, 0) is 30.5 Å². The molecule has 25 heavy (non-hydrogen) atoms. The van der Waals surface area contributed by atoms with E-state index in [9.17, 15) is 4.39 Å². The van der Waals surface area contributed by atoms with Crippen molar-refractivity contribution in [2.75, 3.05) is 18.7 Å². The molecule has 0 amide bonds. The van der Waals surface area contributed by atoms with Gasteiger partial charge in [-0.3, -0.25) is 4.98 Å². The molecule has 1 N–H and O–H groups in total. The van der Waals surface area contributed by atoms with Gasteiger partial charge in [-0.1, -0.05) is 11.6 Å². The molecule has 0 spiro atoms. The summed E-state index contributed by atoms with van der Waals surface area (Å²) in [5, 5.41) is 3.60. The molecule has 1 aromatic carbocycles. The molecule has 0 atom stereocenters. The van der Waals surface area contributed by atoms with Crippen LogP contribution in [0.25, 0.3) is 11.4 Å². The number of rotatable bonds is 5. The van der Waals surface area contributed by atoms with Crippen LogP contribution in [0.2, 0.25) is 5.02 Å². The van der Waals surface area contributed by atoms with Crippen molar-refractivity contribution < 1.29 is 9.13 Å². The summed E-state index contributed by atoms with van der Waals surface area (Å²) in [6.07, 6.45) is 6.86. The molecule has 0 saturated heterocycles. The number of nitrogens with zero attached hydrogens (tertiary/aromatic N) is 3. The van der Waals surface area contributed by atoms with Gasteiger partial charge in [-0.25, -0.2) is 14.4 Å². The number of hydrogen-bond donors (Lipinski definition) is 1. The lowest BCUT2D eigenvalue weighted by Gasteiger charge is -2.13. The summed E-state index contributed by atoms with van der Waals surface area (Å²) in [6.45, 7) is 0. The predicted octanol–water partition coefficient (Wildman–Crippen LogP) is 4.81. The zero-order valence-corrected chi connectivity index (χ0v) is 15.0. The summed E-state index contributed by atoms with van der Waals surface area (Å²) in [5.74, 6) is 0.626. The van der Waals surface area contributed by atoms with E-state index in [0.717, 1.165) is 10.6 Å². The molecule has 0 radical (unpaired) electrons. The third kappa shape index (κ3) is 3.83. The molecule has 0 saturated carbocycles. The van der Waals surface area contributed by atoms with Gasteiger partial charge in [0, 0.05) is 22.3 Å². The van der Waals surface area contributed by atoms with Gasteiger partial charge < -0.3 is 10.1 Å². The van der Waals surface area contributed by atoms with E-state index in [-0.39, 0.29) is 11.4 Å². The molecule has 2 aromatic heterocycles. The first-order chi connectivity index (χ1) is 12.1. The highest BCUT2D eigenvalue weighted by atomic mass is 35.5. The van der Waals surface area contributed by atoms with Gasteiger partial charge in [0.1, 0.15) is 5.82 Å². The molecule has 2 heterocycles. The Morgan fingerprint density at radius 2 is 2.08 bits per heavy atom. The van der Waals surface area contributed by atoms with Gasteiger partial charge in [0.25, 0.3) is 0 Å². The minimum Gasteiger partial charge on any atom is -0.491 e. The van der Waals surface area contributed by atoms with Crippen LogP contribution in [-0.2, 0) is 0 Å². The number of benzene rings is 1. The normalized spacial score (nSPS) is 10.6. The van der Waals surface area contributed by atoms with Crippen LogP contribution in [0, 0.1) is 5.82 Å². The average molecular weight is 377 g/mol. The first kappa shape index (κ1) is 17.4. The van der Waals surface area contributed by atoms with Crippen molar-refractivity contribution in [3.63, 3.8) is 0 Å². The van der Waals surface area contributed by atoms with E-state index in [2.05, 4.69) is 20.3 Å². The topological polar surface area (TPSA) is 59.9 Å². The molecule has 3 aromatic rings. The lowest BCUT2D eigenvalue weighted by Crippen LogP contribution is -2.02. The molecule has 0 aliphatic heterocycles. The summed E-state index contributed by atoms with van der Waals surface area (Å²) in [4.78, 5) is 13.6. The van der Waals surface area contributed by atoms with Crippen LogP contribution in [0.4, 0.5) is 15.9 Å². The maximum absolute atomic E-state index is 14.1. The summed E-state index contributed by atoms with van der Waals surface area (Å²) >= 11 is 7.51. The van der Waals surface area contributed by atoms with Crippen LogP contribution in [0.5, 0.6) is 5.75 Å². The minimum absolute atomic E-state index is 0.211. The van der Waals surface area contributed by atoms with Crippen LogP contribution < -0.4 is 10.1 Å². The Balaban J connectivity index is 2.05. The molecule has 0 fully saturated rings.